The Bertz CT molecular complexity index is 1000. The van der Waals surface area contributed by atoms with Crippen LogP contribution in [0.5, 0.6) is 11.5 Å². The van der Waals surface area contributed by atoms with Crippen molar-refractivity contribution in [2.24, 2.45) is 0 Å². The van der Waals surface area contributed by atoms with E-state index < -0.39 is 10.0 Å². The van der Waals surface area contributed by atoms with Gasteiger partial charge >= 0.3 is 0 Å². The number of para-hydroxylation sites is 2. The van der Waals surface area contributed by atoms with Crippen LogP contribution in [0.1, 0.15) is 36.0 Å². The van der Waals surface area contributed by atoms with Gasteiger partial charge in [0.2, 0.25) is 10.0 Å². The Balaban J connectivity index is 1.40. The highest BCUT2D eigenvalue weighted by molar-refractivity contribution is 7.89. The van der Waals surface area contributed by atoms with Gasteiger partial charge in [-0.15, -0.1) is 0 Å². The molecule has 160 valence electrons. The van der Waals surface area contributed by atoms with Crippen LogP contribution in [0, 0.1) is 0 Å². The van der Waals surface area contributed by atoms with Crippen molar-refractivity contribution in [1.82, 2.24) is 9.62 Å². The highest BCUT2D eigenvalue weighted by atomic mass is 32.2. The minimum atomic E-state index is -3.60. The fourth-order valence-electron chi connectivity index (χ4n) is 3.70. The first-order valence-electron chi connectivity index (χ1n) is 10.3. The van der Waals surface area contributed by atoms with E-state index in [2.05, 4.69) is 5.32 Å². The number of nitrogens with zero attached hydrogens (tertiary/aromatic N) is 1. The zero-order chi connectivity index (χ0) is 21.0. The van der Waals surface area contributed by atoms with Gasteiger partial charge in [-0.25, -0.2) is 8.42 Å². The van der Waals surface area contributed by atoms with E-state index in [1.165, 1.54) is 10.4 Å². The van der Waals surface area contributed by atoms with Gasteiger partial charge in [-0.3, -0.25) is 4.79 Å². The van der Waals surface area contributed by atoms with E-state index in [9.17, 15) is 13.2 Å². The van der Waals surface area contributed by atoms with Gasteiger partial charge < -0.3 is 14.8 Å². The normalized spacial score (nSPS) is 19.7. The smallest absolute Gasteiger partial charge is 0.251 e. The van der Waals surface area contributed by atoms with E-state index in [1.54, 1.807) is 18.2 Å². The van der Waals surface area contributed by atoms with Crippen molar-refractivity contribution in [3.8, 4) is 11.5 Å². The van der Waals surface area contributed by atoms with E-state index in [4.69, 9.17) is 9.47 Å². The molecule has 2 aromatic rings. The van der Waals surface area contributed by atoms with Crippen LogP contribution in [0.4, 0.5) is 0 Å². The maximum Gasteiger partial charge on any atom is 0.251 e. The molecule has 1 saturated heterocycles. The topological polar surface area (TPSA) is 84.9 Å². The predicted molar refractivity (Wildman–Crippen MR) is 112 cm³/mol. The second-order valence-electron chi connectivity index (χ2n) is 7.55. The molecule has 4 rings (SSSR count). The number of hydrogen-bond donors (Lipinski definition) is 1. The number of rotatable bonds is 5. The summed E-state index contributed by atoms with van der Waals surface area (Å²) in [5, 5.41) is 2.82. The van der Waals surface area contributed by atoms with Crippen LogP contribution in [-0.2, 0) is 10.0 Å². The summed E-state index contributed by atoms with van der Waals surface area (Å²) in [4.78, 5) is 12.8. The van der Waals surface area contributed by atoms with Crippen LogP contribution >= 0.6 is 0 Å². The van der Waals surface area contributed by atoms with E-state index >= 15 is 0 Å². The molecule has 0 aliphatic carbocycles. The first kappa shape index (κ1) is 20.7. The van der Waals surface area contributed by atoms with E-state index in [1.807, 2.05) is 24.3 Å². The molecule has 1 fully saturated rings. The molecule has 0 aromatic heterocycles. The molecule has 0 radical (unpaired) electrons. The molecule has 0 spiro atoms. The Kier molecular flexibility index (Phi) is 6.24. The third-order valence-corrected chi connectivity index (χ3v) is 7.25. The zero-order valence-corrected chi connectivity index (χ0v) is 17.6. The summed E-state index contributed by atoms with van der Waals surface area (Å²) in [6, 6.07) is 13.6. The lowest BCUT2D eigenvalue weighted by molar-refractivity contribution is 0.0789. The Morgan fingerprint density at radius 3 is 2.50 bits per heavy atom. The number of amides is 1. The van der Waals surface area contributed by atoms with Gasteiger partial charge in [0.05, 0.1) is 11.4 Å². The van der Waals surface area contributed by atoms with Crippen LogP contribution in [0.15, 0.2) is 53.4 Å². The van der Waals surface area contributed by atoms with Gasteiger partial charge in [-0.1, -0.05) is 31.0 Å². The molecule has 0 saturated carbocycles. The third kappa shape index (κ3) is 4.60. The molecular formula is C22H26N2O5S. The molecule has 1 N–H and O–H groups in total. The first-order chi connectivity index (χ1) is 14.5. The molecule has 8 heteroatoms. The number of fused-ring (bicyclic) bond motifs is 1. The van der Waals surface area contributed by atoms with E-state index in [0.29, 0.717) is 36.8 Å². The predicted octanol–water partition coefficient (Wildman–Crippen LogP) is 2.82. The maximum absolute atomic E-state index is 13.0. The Hall–Kier alpha value is -2.58. The molecule has 2 aliphatic heterocycles. The lowest BCUT2D eigenvalue weighted by atomic mass is 10.2. The SMILES string of the molecule is O=C(NC[C@H]1COc2ccccc2O1)c1cccc(S(=O)(=O)N2CCCCCC2)c1. The number of carbonyl (C=O) groups is 1. The quantitative estimate of drug-likeness (QED) is 0.789. The second kappa shape index (κ2) is 9.06. The summed E-state index contributed by atoms with van der Waals surface area (Å²) in [5.41, 5.74) is 0.308. The number of nitrogens with one attached hydrogen (secondary N) is 1. The zero-order valence-electron chi connectivity index (χ0n) is 16.7. The number of ether oxygens (including phenoxy) is 2. The fourth-order valence-corrected chi connectivity index (χ4v) is 5.26. The standard InChI is InChI=1S/C22H26N2O5S/c25-22(23-15-18-16-28-20-10-3-4-11-21(20)29-18)17-8-7-9-19(14-17)30(26,27)24-12-5-1-2-6-13-24/h3-4,7-11,14,18H,1-2,5-6,12-13,15-16H2,(H,23,25)/t18-/m0/s1. The van der Waals surface area contributed by atoms with Crippen LogP contribution in [-0.4, -0.2) is 51.0 Å². The summed E-state index contributed by atoms with van der Waals surface area (Å²) in [6.07, 6.45) is 3.52. The van der Waals surface area contributed by atoms with E-state index in [0.717, 1.165) is 25.7 Å². The molecule has 1 amide bonds. The second-order valence-corrected chi connectivity index (χ2v) is 9.49. The molecule has 7 nitrogen and oxygen atoms in total. The summed E-state index contributed by atoms with van der Waals surface area (Å²) in [6.45, 7) is 1.65. The lowest BCUT2D eigenvalue weighted by Gasteiger charge is -2.26. The monoisotopic (exact) mass is 430 g/mol. The average molecular weight is 431 g/mol. The van der Waals surface area contributed by atoms with Gasteiger partial charge in [-0.2, -0.15) is 4.31 Å². The Labute approximate surface area is 177 Å². The maximum atomic E-state index is 13.0. The van der Waals surface area contributed by atoms with Crippen LogP contribution < -0.4 is 14.8 Å². The molecule has 1 atom stereocenters. The first-order valence-corrected chi connectivity index (χ1v) is 11.7. The van der Waals surface area contributed by atoms with Gasteiger partial charge in [-0.05, 0) is 43.2 Å². The summed E-state index contributed by atoms with van der Waals surface area (Å²) < 4.78 is 39.0. The van der Waals surface area contributed by atoms with Crippen molar-refractivity contribution in [3.05, 3.63) is 54.1 Å². The molecule has 2 aromatic carbocycles. The molecule has 2 aliphatic rings. The Morgan fingerprint density at radius 2 is 1.73 bits per heavy atom. The Morgan fingerprint density at radius 1 is 1.00 bits per heavy atom. The third-order valence-electron chi connectivity index (χ3n) is 5.36. The van der Waals surface area contributed by atoms with Gasteiger partial charge in [0.25, 0.3) is 5.91 Å². The van der Waals surface area contributed by atoms with Crippen LogP contribution in [0.25, 0.3) is 0 Å². The minimum Gasteiger partial charge on any atom is -0.486 e. The van der Waals surface area contributed by atoms with Crippen molar-refractivity contribution in [1.29, 1.82) is 0 Å². The molecular weight excluding hydrogens is 404 g/mol. The highest BCUT2D eigenvalue weighted by Crippen LogP contribution is 2.30. The molecule has 30 heavy (non-hydrogen) atoms. The minimum absolute atomic E-state index is 0.156. The highest BCUT2D eigenvalue weighted by Gasteiger charge is 2.26. The van der Waals surface area contributed by atoms with Crippen LogP contribution in [0.2, 0.25) is 0 Å². The average Bonchev–Trinajstić information content (AvgIpc) is 3.08. The van der Waals surface area contributed by atoms with Crippen LogP contribution in [0.3, 0.4) is 0 Å². The molecule has 0 bridgehead atoms. The largest absolute Gasteiger partial charge is 0.486 e. The van der Waals surface area contributed by atoms with Crippen molar-refractivity contribution in [2.75, 3.05) is 26.2 Å². The van der Waals surface area contributed by atoms with Gasteiger partial charge in [0, 0.05) is 18.7 Å². The number of sulfonamides is 1. The summed E-state index contributed by atoms with van der Waals surface area (Å²) in [5.74, 6) is 0.991. The molecule has 2 heterocycles. The van der Waals surface area contributed by atoms with Crippen molar-refractivity contribution < 1.29 is 22.7 Å². The van der Waals surface area contributed by atoms with E-state index in [-0.39, 0.29) is 23.5 Å². The number of carbonyl (C=O) groups excluding carboxylic acids is 1. The van der Waals surface area contributed by atoms with Crippen molar-refractivity contribution in [3.63, 3.8) is 0 Å². The summed E-state index contributed by atoms with van der Waals surface area (Å²) >= 11 is 0. The van der Waals surface area contributed by atoms with Crippen molar-refractivity contribution >= 4 is 15.9 Å². The number of hydrogen-bond acceptors (Lipinski definition) is 5. The summed E-state index contributed by atoms with van der Waals surface area (Å²) in [7, 11) is -3.60. The molecule has 0 unspecified atom stereocenters. The number of benzene rings is 2. The lowest BCUT2D eigenvalue weighted by Crippen LogP contribution is -2.40. The van der Waals surface area contributed by atoms with Crippen molar-refractivity contribution in [2.45, 2.75) is 36.7 Å². The van der Waals surface area contributed by atoms with Gasteiger partial charge in [0.15, 0.2) is 11.5 Å². The van der Waals surface area contributed by atoms with Gasteiger partial charge in [0.1, 0.15) is 12.7 Å². The fraction of sp³-hybridized carbons (Fsp3) is 0.409.